The summed E-state index contributed by atoms with van der Waals surface area (Å²) in [6.07, 6.45) is 0. The van der Waals surface area contributed by atoms with Gasteiger partial charge in [-0.2, -0.15) is 0 Å². The third kappa shape index (κ3) is 1.43. The summed E-state index contributed by atoms with van der Waals surface area (Å²) >= 11 is 0. The van der Waals surface area contributed by atoms with Gasteiger partial charge in [-0.1, -0.05) is 32.0 Å². The van der Waals surface area contributed by atoms with Gasteiger partial charge < -0.3 is 4.42 Å². The number of benzene rings is 1. The van der Waals surface area contributed by atoms with Crippen LogP contribution in [0.5, 0.6) is 0 Å². The van der Waals surface area contributed by atoms with Crippen LogP contribution in [0.15, 0.2) is 39.5 Å². The van der Waals surface area contributed by atoms with Gasteiger partial charge in [-0.25, -0.2) is 4.79 Å². The molecule has 72 valence electrons. The van der Waals surface area contributed by atoms with E-state index in [4.69, 9.17) is 4.42 Å². The number of hydrogen-bond donors (Lipinski definition) is 0. The minimum atomic E-state index is -0.223. The molecular formula is C12H12O2. The van der Waals surface area contributed by atoms with Crippen molar-refractivity contribution < 1.29 is 4.42 Å². The molecule has 0 spiro atoms. The van der Waals surface area contributed by atoms with Gasteiger partial charge in [0.2, 0.25) is 0 Å². The highest BCUT2D eigenvalue weighted by Gasteiger charge is 2.07. The normalized spacial score (nSPS) is 11.1. The first-order valence-corrected chi connectivity index (χ1v) is 4.71. The van der Waals surface area contributed by atoms with Crippen molar-refractivity contribution in [3.05, 3.63) is 46.3 Å². The molecule has 0 fully saturated rings. The van der Waals surface area contributed by atoms with Crippen LogP contribution in [-0.2, 0) is 0 Å². The summed E-state index contributed by atoms with van der Waals surface area (Å²) in [6.45, 7) is 3.97. The molecule has 2 heteroatoms. The second kappa shape index (κ2) is 3.29. The average Bonchev–Trinajstić information content (AvgIpc) is 2.16. The Balaban J connectivity index is 2.78. The lowest BCUT2D eigenvalue weighted by atomic mass is 10.0. The summed E-state index contributed by atoms with van der Waals surface area (Å²) in [5.41, 5.74) is 1.17. The van der Waals surface area contributed by atoms with Crippen LogP contribution in [0.2, 0.25) is 0 Å². The van der Waals surface area contributed by atoms with Crippen LogP contribution in [0.3, 0.4) is 0 Å². The van der Waals surface area contributed by atoms with E-state index in [0.29, 0.717) is 5.58 Å². The molecule has 1 aromatic heterocycles. The maximum atomic E-state index is 11.5. The van der Waals surface area contributed by atoms with E-state index in [1.165, 1.54) is 0 Å². The quantitative estimate of drug-likeness (QED) is 0.644. The van der Waals surface area contributed by atoms with Crippen molar-refractivity contribution in [3.63, 3.8) is 0 Å². The van der Waals surface area contributed by atoms with Gasteiger partial charge in [-0.3, -0.25) is 0 Å². The smallest absolute Gasteiger partial charge is 0.339 e. The molecule has 2 rings (SSSR count). The Morgan fingerprint density at radius 2 is 1.93 bits per heavy atom. The van der Waals surface area contributed by atoms with Crippen LogP contribution in [0.4, 0.5) is 0 Å². The van der Waals surface area contributed by atoms with E-state index >= 15 is 0 Å². The Labute approximate surface area is 82.2 Å². The van der Waals surface area contributed by atoms with Gasteiger partial charge >= 0.3 is 5.63 Å². The minimum Gasteiger partial charge on any atom is -0.423 e. The van der Waals surface area contributed by atoms with Gasteiger partial charge in [0.25, 0.3) is 0 Å². The van der Waals surface area contributed by atoms with E-state index in [-0.39, 0.29) is 11.5 Å². The molecule has 14 heavy (non-hydrogen) atoms. The Morgan fingerprint density at radius 1 is 1.21 bits per heavy atom. The van der Waals surface area contributed by atoms with Crippen molar-refractivity contribution in [2.45, 2.75) is 19.8 Å². The monoisotopic (exact) mass is 188 g/mol. The predicted octanol–water partition coefficient (Wildman–Crippen LogP) is 2.92. The Morgan fingerprint density at radius 3 is 2.64 bits per heavy atom. The van der Waals surface area contributed by atoms with E-state index in [1.807, 2.05) is 38.1 Å². The number of fused-ring (bicyclic) bond motifs is 1. The molecule has 0 bridgehead atoms. The lowest BCUT2D eigenvalue weighted by molar-refractivity contribution is 0.544. The molecule has 0 aliphatic heterocycles. The molecule has 0 amide bonds. The summed E-state index contributed by atoms with van der Waals surface area (Å²) in [5, 5.41) is 0.982. The standard InChI is InChI=1S/C12H12O2/c1-8(2)10-7-9-5-3-4-6-11(9)14-12(10)13/h3-8H,1-2H3. The predicted molar refractivity (Wildman–Crippen MR) is 56.6 cm³/mol. The Kier molecular flexibility index (Phi) is 2.12. The van der Waals surface area contributed by atoms with E-state index in [1.54, 1.807) is 6.07 Å². The van der Waals surface area contributed by atoms with Crippen LogP contribution >= 0.6 is 0 Å². The fourth-order valence-electron chi connectivity index (χ4n) is 1.48. The number of rotatable bonds is 1. The van der Waals surface area contributed by atoms with E-state index in [2.05, 4.69) is 0 Å². The first-order chi connectivity index (χ1) is 6.68. The van der Waals surface area contributed by atoms with E-state index < -0.39 is 0 Å². The molecule has 0 atom stereocenters. The summed E-state index contributed by atoms with van der Waals surface area (Å²) in [6, 6.07) is 9.46. The first-order valence-electron chi connectivity index (χ1n) is 4.71. The summed E-state index contributed by atoms with van der Waals surface area (Å²) in [4.78, 5) is 11.5. The maximum Gasteiger partial charge on any atom is 0.339 e. The third-order valence-electron chi connectivity index (χ3n) is 2.29. The summed E-state index contributed by atoms with van der Waals surface area (Å²) in [5.74, 6) is 0.204. The highest BCUT2D eigenvalue weighted by Crippen LogP contribution is 2.17. The molecule has 0 saturated carbocycles. The van der Waals surface area contributed by atoms with Gasteiger partial charge in [0, 0.05) is 10.9 Å². The van der Waals surface area contributed by atoms with E-state index in [9.17, 15) is 4.79 Å². The highest BCUT2D eigenvalue weighted by molar-refractivity contribution is 5.76. The van der Waals surface area contributed by atoms with Crippen molar-refractivity contribution in [3.8, 4) is 0 Å². The molecule has 0 N–H and O–H groups in total. The Hall–Kier alpha value is -1.57. The van der Waals surface area contributed by atoms with Gasteiger partial charge in [-0.05, 0) is 18.1 Å². The Bertz CT molecular complexity index is 509. The molecular weight excluding hydrogens is 176 g/mol. The molecule has 2 aromatic rings. The zero-order valence-corrected chi connectivity index (χ0v) is 8.28. The lowest BCUT2D eigenvalue weighted by Gasteiger charge is -2.03. The highest BCUT2D eigenvalue weighted by atomic mass is 16.4. The lowest BCUT2D eigenvalue weighted by Crippen LogP contribution is -2.08. The topological polar surface area (TPSA) is 30.2 Å². The molecule has 0 saturated heterocycles. The summed E-state index contributed by atoms with van der Waals surface area (Å²) in [7, 11) is 0. The molecule has 2 nitrogen and oxygen atoms in total. The number of hydrogen-bond acceptors (Lipinski definition) is 2. The zero-order valence-electron chi connectivity index (χ0n) is 8.28. The molecule has 0 radical (unpaired) electrons. The van der Waals surface area contributed by atoms with Crippen LogP contribution in [0.25, 0.3) is 11.0 Å². The molecule has 0 unspecified atom stereocenters. The van der Waals surface area contributed by atoms with Crippen molar-refractivity contribution in [2.75, 3.05) is 0 Å². The zero-order chi connectivity index (χ0) is 10.1. The van der Waals surface area contributed by atoms with Crippen molar-refractivity contribution in [1.29, 1.82) is 0 Å². The van der Waals surface area contributed by atoms with Gasteiger partial charge in [0.15, 0.2) is 0 Å². The molecule has 0 aliphatic carbocycles. The van der Waals surface area contributed by atoms with Crippen LogP contribution in [-0.4, -0.2) is 0 Å². The molecule has 1 heterocycles. The number of para-hydroxylation sites is 1. The molecule has 1 aromatic carbocycles. The third-order valence-corrected chi connectivity index (χ3v) is 2.29. The fourth-order valence-corrected chi connectivity index (χ4v) is 1.48. The van der Waals surface area contributed by atoms with E-state index in [0.717, 1.165) is 10.9 Å². The van der Waals surface area contributed by atoms with Crippen LogP contribution in [0.1, 0.15) is 25.3 Å². The second-order valence-corrected chi connectivity index (χ2v) is 3.68. The largest absolute Gasteiger partial charge is 0.423 e. The molecule has 0 aliphatic rings. The second-order valence-electron chi connectivity index (χ2n) is 3.68. The average molecular weight is 188 g/mol. The van der Waals surface area contributed by atoms with Crippen LogP contribution in [0, 0.1) is 0 Å². The van der Waals surface area contributed by atoms with Crippen molar-refractivity contribution in [1.82, 2.24) is 0 Å². The SMILES string of the molecule is CC(C)c1cc2ccccc2oc1=O. The minimum absolute atomic E-state index is 0.204. The van der Waals surface area contributed by atoms with Crippen molar-refractivity contribution in [2.24, 2.45) is 0 Å². The summed E-state index contributed by atoms with van der Waals surface area (Å²) < 4.78 is 5.20. The van der Waals surface area contributed by atoms with Gasteiger partial charge in [0.1, 0.15) is 5.58 Å². The van der Waals surface area contributed by atoms with Gasteiger partial charge in [0.05, 0.1) is 0 Å². The maximum absolute atomic E-state index is 11.5. The van der Waals surface area contributed by atoms with Gasteiger partial charge in [-0.15, -0.1) is 0 Å². The van der Waals surface area contributed by atoms with Crippen LogP contribution < -0.4 is 5.63 Å². The first kappa shape index (κ1) is 9.00. The fraction of sp³-hybridized carbons (Fsp3) is 0.250. The van der Waals surface area contributed by atoms with Crippen molar-refractivity contribution >= 4 is 11.0 Å².